The van der Waals surface area contributed by atoms with Gasteiger partial charge in [0.05, 0.1) is 30.3 Å². The molecule has 1 saturated heterocycles. The minimum Gasteiger partial charge on any atom is -0.463 e. The third kappa shape index (κ3) is 4.62. The number of carbonyl (C=O) groups is 4. The van der Waals surface area contributed by atoms with Crippen molar-refractivity contribution in [3.05, 3.63) is 0 Å². The lowest BCUT2D eigenvalue weighted by Crippen LogP contribution is -2.50. The minimum atomic E-state index is -0.570. The second-order valence-corrected chi connectivity index (χ2v) is 16.6. The molecule has 7 fully saturated rings. The van der Waals surface area contributed by atoms with E-state index in [9.17, 15) is 24.3 Å². The van der Waals surface area contributed by atoms with Gasteiger partial charge in [0.2, 0.25) is 0 Å². The van der Waals surface area contributed by atoms with Gasteiger partial charge in [-0.1, -0.05) is 13.8 Å². The number of cyclic esters (lactones) is 2. The van der Waals surface area contributed by atoms with E-state index in [1.165, 1.54) is 19.3 Å². The fourth-order valence-corrected chi connectivity index (χ4v) is 12.7. The molecular formula is C35H50O8. The highest BCUT2D eigenvalue weighted by atomic mass is 16.6. The summed E-state index contributed by atoms with van der Waals surface area (Å²) in [5, 5.41) is 9.32. The lowest BCUT2D eigenvalue weighted by Gasteiger charge is -2.50. The predicted octanol–water partition coefficient (Wildman–Crippen LogP) is 4.66. The molecule has 0 aromatic rings. The van der Waals surface area contributed by atoms with Crippen LogP contribution >= 0.6 is 0 Å². The lowest BCUT2D eigenvalue weighted by molar-refractivity contribution is -0.165. The first-order valence-electron chi connectivity index (χ1n) is 17.2. The molecule has 6 aliphatic carbocycles. The van der Waals surface area contributed by atoms with Gasteiger partial charge in [-0.3, -0.25) is 19.2 Å². The number of fused-ring (bicyclic) bond motifs is 6. The molecule has 1 heterocycles. The SMILES string of the molecule is CC1C(=O)OC(=O)C1C1C2CC(C(=O)OC(C)(C)C)C(C2)C1C1C2CC(C(=O)OCCO)C(C2)C1C1C2CCC(C2)C1C. The van der Waals surface area contributed by atoms with Crippen molar-refractivity contribution < 1.29 is 38.5 Å². The molecule has 1 N–H and O–H groups in total. The van der Waals surface area contributed by atoms with Crippen molar-refractivity contribution in [2.75, 3.05) is 13.2 Å². The molecule has 238 valence electrons. The number of hydrogen-bond acceptors (Lipinski definition) is 8. The van der Waals surface area contributed by atoms with Crippen LogP contribution in [0.5, 0.6) is 0 Å². The molecule has 43 heavy (non-hydrogen) atoms. The number of esters is 4. The zero-order chi connectivity index (χ0) is 30.5. The average molecular weight is 599 g/mol. The molecule has 0 spiro atoms. The maximum absolute atomic E-state index is 13.7. The van der Waals surface area contributed by atoms with E-state index < -0.39 is 23.4 Å². The molecule has 0 aromatic heterocycles. The summed E-state index contributed by atoms with van der Waals surface area (Å²) < 4.78 is 16.7. The summed E-state index contributed by atoms with van der Waals surface area (Å²) in [6, 6.07) is 0. The van der Waals surface area contributed by atoms with Crippen LogP contribution in [0, 0.1) is 94.7 Å². The second-order valence-electron chi connectivity index (χ2n) is 16.6. The summed E-state index contributed by atoms with van der Waals surface area (Å²) in [4.78, 5) is 53.0. The van der Waals surface area contributed by atoms with Crippen molar-refractivity contribution in [3.8, 4) is 0 Å². The molecule has 8 heteroatoms. The molecule has 16 unspecified atom stereocenters. The molecule has 6 bridgehead atoms. The Morgan fingerprint density at radius 2 is 1.37 bits per heavy atom. The van der Waals surface area contributed by atoms with Crippen molar-refractivity contribution in [1.29, 1.82) is 0 Å². The Balaban J connectivity index is 1.27. The maximum Gasteiger partial charge on any atom is 0.317 e. The van der Waals surface area contributed by atoms with E-state index in [-0.39, 0.29) is 72.5 Å². The number of aliphatic hydroxyl groups excluding tert-OH is 1. The predicted molar refractivity (Wildman–Crippen MR) is 154 cm³/mol. The molecule has 0 radical (unpaired) electrons. The van der Waals surface area contributed by atoms with Crippen LogP contribution in [0.1, 0.15) is 79.6 Å². The highest BCUT2D eigenvalue weighted by molar-refractivity contribution is 5.96. The van der Waals surface area contributed by atoms with Gasteiger partial charge in [-0.25, -0.2) is 0 Å². The van der Waals surface area contributed by atoms with Gasteiger partial charge in [0.1, 0.15) is 12.2 Å². The largest absolute Gasteiger partial charge is 0.463 e. The first-order chi connectivity index (χ1) is 20.4. The highest BCUT2D eigenvalue weighted by Crippen LogP contribution is 2.72. The van der Waals surface area contributed by atoms with Crippen LogP contribution in [0.4, 0.5) is 0 Å². The normalized spacial score (nSPS) is 49.6. The Kier molecular flexibility index (Phi) is 7.30. The van der Waals surface area contributed by atoms with Crippen LogP contribution in [-0.4, -0.2) is 47.8 Å². The molecule has 16 atom stereocenters. The fourth-order valence-electron chi connectivity index (χ4n) is 12.7. The van der Waals surface area contributed by atoms with Gasteiger partial charge in [0.25, 0.3) is 0 Å². The summed E-state index contributed by atoms with van der Waals surface area (Å²) >= 11 is 0. The van der Waals surface area contributed by atoms with Crippen molar-refractivity contribution >= 4 is 23.9 Å². The van der Waals surface area contributed by atoms with Crippen LogP contribution in [0.2, 0.25) is 0 Å². The van der Waals surface area contributed by atoms with E-state index in [1.807, 2.05) is 27.7 Å². The first kappa shape index (κ1) is 29.7. The molecule has 0 amide bonds. The number of carbonyl (C=O) groups excluding carboxylic acids is 4. The maximum atomic E-state index is 13.7. The molecule has 7 aliphatic rings. The summed E-state index contributed by atoms with van der Waals surface area (Å²) in [5.41, 5.74) is -0.570. The first-order valence-corrected chi connectivity index (χ1v) is 17.2. The number of rotatable bonds is 7. The van der Waals surface area contributed by atoms with Crippen LogP contribution in [0.3, 0.4) is 0 Å². The molecular weight excluding hydrogens is 548 g/mol. The van der Waals surface area contributed by atoms with Gasteiger partial charge < -0.3 is 19.3 Å². The van der Waals surface area contributed by atoms with E-state index in [2.05, 4.69) is 6.92 Å². The summed E-state index contributed by atoms with van der Waals surface area (Å²) in [6.45, 7) is 9.88. The van der Waals surface area contributed by atoms with Crippen LogP contribution in [0.15, 0.2) is 0 Å². The third-order valence-electron chi connectivity index (χ3n) is 13.7. The molecule has 6 saturated carbocycles. The minimum absolute atomic E-state index is 0.0122. The van der Waals surface area contributed by atoms with Gasteiger partial charge in [0, 0.05) is 0 Å². The molecule has 8 nitrogen and oxygen atoms in total. The summed E-state index contributed by atoms with van der Waals surface area (Å²) in [7, 11) is 0. The van der Waals surface area contributed by atoms with Gasteiger partial charge in [-0.05, 0) is 137 Å². The number of aliphatic hydroxyl groups is 1. The van der Waals surface area contributed by atoms with Crippen LogP contribution in [-0.2, 0) is 33.4 Å². The van der Waals surface area contributed by atoms with Crippen molar-refractivity contribution in [2.24, 2.45) is 94.7 Å². The topological polar surface area (TPSA) is 116 Å². The monoisotopic (exact) mass is 598 g/mol. The summed E-state index contributed by atoms with van der Waals surface area (Å²) in [6.07, 6.45) is 7.16. The highest BCUT2D eigenvalue weighted by Gasteiger charge is 2.69. The van der Waals surface area contributed by atoms with E-state index in [0.717, 1.165) is 25.2 Å². The van der Waals surface area contributed by atoms with Gasteiger partial charge in [-0.15, -0.1) is 0 Å². The zero-order valence-corrected chi connectivity index (χ0v) is 26.4. The zero-order valence-electron chi connectivity index (χ0n) is 26.4. The standard InChI is InChI=1S/C35H50O8/c1-15-17-6-7-18(10-17)25(15)29-21-12-20(13-23(21)32(38)41-9-8-36)28(29)30-22-11-19(14-24(22)33(39)43-35(3,4)5)27(30)26-16(2)31(37)42-34(26)40/h15-30,36H,6-14H2,1-5H3. The number of hydrogen-bond donors (Lipinski definition) is 1. The van der Waals surface area contributed by atoms with E-state index in [4.69, 9.17) is 14.2 Å². The molecule has 1 aliphatic heterocycles. The molecule has 7 rings (SSSR count). The van der Waals surface area contributed by atoms with Gasteiger partial charge in [0.15, 0.2) is 0 Å². The van der Waals surface area contributed by atoms with E-state index in [0.29, 0.717) is 41.9 Å². The van der Waals surface area contributed by atoms with E-state index in [1.54, 1.807) is 0 Å². The Labute approximate surface area is 255 Å². The summed E-state index contributed by atoms with van der Waals surface area (Å²) in [5.74, 6) is 1.76. The molecule has 0 aromatic carbocycles. The smallest absolute Gasteiger partial charge is 0.317 e. The van der Waals surface area contributed by atoms with Crippen LogP contribution < -0.4 is 0 Å². The van der Waals surface area contributed by atoms with Gasteiger partial charge >= 0.3 is 23.9 Å². The van der Waals surface area contributed by atoms with Gasteiger partial charge in [-0.2, -0.15) is 0 Å². The van der Waals surface area contributed by atoms with E-state index >= 15 is 0 Å². The third-order valence-corrected chi connectivity index (χ3v) is 13.7. The number of ether oxygens (including phenoxy) is 3. The second kappa shape index (κ2) is 10.6. The van der Waals surface area contributed by atoms with Crippen molar-refractivity contribution in [2.45, 2.75) is 85.2 Å². The average Bonchev–Trinajstić information content (AvgIpc) is 3.78. The Morgan fingerprint density at radius 3 is 1.93 bits per heavy atom. The van der Waals surface area contributed by atoms with Crippen molar-refractivity contribution in [1.82, 2.24) is 0 Å². The lowest BCUT2D eigenvalue weighted by atomic mass is 9.53. The quantitative estimate of drug-likeness (QED) is 0.256. The van der Waals surface area contributed by atoms with Crippen LogP contribution in [0.25, 0.3) is 0 Å². The Hall–Kier alpha value is -1.96. The van der Waals surface area contributed by atoms with Crippen molar-refractivity contribution in [3.63, 3.8) is 0 Å². The Morgan fingerprint density at radius 1 is 0.767 bits per heavy atom. The Bertz CT molecular complexity index is 1170. The fraction of sp³-hybridized carbons (Fsp3) is 0.886.